The maximum atomic E-state index is 13.9. The monoisotopic (exact) mass is 463 g/mol. The quantitative estimate of drug-likeness (QED) is 0.493. The molecular weight excluding hydrogens is 437 g/mol. The highest BCUT2D eigenvalue weighted by Crippen LogP contribution is 2.24. The molecule has 1 fully saturated rings. The van der Waals surface area contributed by atoms with Gasteiger partial charge in [-0.3, -0.25) is 9.59 Å². The molecule has 4 rings (SSSR count). The summed E-state index contributed by atoms with van der Waals surface area (Å²) in [5.74, 6) is -0.572. The Labute approximate surface area is 196 Å². The van der Waals surface area contributed by atoms with E-state index in [2.05, 4.69) is 25.7 Å². The molecule has 0 saturated carbocycles. The predicted molar refractivity (Wildman–Crippen MR) is 128 cm³/mol. The van der Waals surface area contributed by atoms with Gasteiger partial charge in [-0.05, 0) is 30.3 Å². The van der Waals surface area contributed by atoms with Crippen molar-refractivity contribution in [3.8, 4) is 0 Å². The second-order valence-electron chi connectivity index (χ2n) is 7.97. The summed E-state index contributed by atoms with van der Waals surface area (Å²) in [6, 6.07) is 15.8. The number of carbonyl (C=O) groups excluding carboxylic acids is 2. The van der Waals surface area contributed by atoms with Gasteiger partial charge in [-0.15, -0.1) is 10.2 Å². The largest absolute Gasteiger partial charge is 0.379 e. The molecule has 0 aliphatic carbocycles. The molecule has 1 aliphatic rings. The van der Waals surface area contributed by atoms with Crippen LogP contribution in [0.1, 0.15) is 23.0 Å². The van der Waals surface area contributed by atoms with Crippen LogP contribution in [0, 0.1) is 5.82 Å². The van der Waals surface area contributed by atoms with Crippen LogP contribution >= 0.6 is 0 Å². The van der Waals surface area contributed by atoms with Crippen molar-refractivity contribution in [2.75, 3.05) is 41.7 Å². The van der Waals surface area contributed by atoms with Crippen molar-refractivity contribution in [3.63, 3.8) is 0 Å². The van der Waals surface area contributed by atoms with E-state index in [1.807, 2.05) is 29.2 Å². The van der Waals surface area contributed by atoms with Crippen LogP contribution in [-0.4, -0.2) is 53.1 Å². The number of nitrogens with two attached hydrogens (primary N) is 1. The molecular formula is C24H26FN7O2. The molecule has 4 N–H and O–H groups in total. The number of hydrogen-bond acceptors (Lipinski definition) is 7. The number of aromatic nitrogens is 2. The van der Waals surface area contributed by atoms with Crippen LogP contribution in [0.5, 0.6) is 0 Å². The first-order valence-corrected chi connectivity index (χ1v) is 10.9. The van der Waals surface area contributed by atoms with Gasteiger partial charge < -0.3 is 26.2 Å². The molecule has 2 aromatic carbocycles. The maximum Gasteiger partial charge on any atom is 0.271 e. The van der Waals surface area contributed by atoms with Gasteiger partial charge in [0.15, 0.2) is 11.5 Å². The number of anilines is 4. The third-order valence-electron chi connectivity index (χ3n) is 5.68. The first-order valence-electron chi connectivity index (χ1n) is 10.9. The zero-order chi connectivity index (χ0) is 24.1. The van der Waals surface area contributed by atoms with Crippen molar-refractivity contribution in [2.45, 2.75) is 13.5 Å². The van der Waals surface area contributed by atoms with E-state index in [1.54, 1.807) is 31.2 Å². The van der Waals surface area contributed by atoms with Crippen LogP contribution in [0.2, 0.25) is 0 Å². The molecule has 0 bridgehead atoms. The fourth-order valence-electron chi connectivity index (χ4n) is 3.78. The van der Waals surface area contributed by atoms with E-state index in [-0.39, 0.29) is 24.0 Å². The van der Waals surface area contributed by atoms with Gasteiger partial charge in [0.25, 0.3) is 5.91 Å². The molecule has 10 heteroatoms. The number of primary amides is 1. The summed E-state index contributed by atoms with van der Waals surface area (Å²) in [4.78, 5) is 27.4. The normalized spacial score (nSPS) is 13.5. The smallest absolute Gasteiger partial charge is 0.271 e. The number of halogens is 1. The van der Waals surface area contributed by atoms with Gasteiger partial charge in [0.05, 0.1) is 5.69 Å². The number of piperazine rings is 1. The average Bonchev–Trinajstić information content (AvgIpc) is 2.84. The van der Waals surface area contributed by atoms with E-state index in [1.165, 1.54) is 6.07 Å². The Bertz CT molecular complexity index is 1180. The van der Waals surface area contributed by atoms with Gasteiger partial charge >= 0.3 is 0 Å². The molecule has 9 nitrogen and oxygen atoms in total. The Morgan fingerprint density at radius 2 is 1.74 bits per heavy atom. The van der Waals surface area contributed by atoms with E-state index in [0.29, 0.717) is 30.2 Å². The third kappa shape index (κ3) is 5.40. The zero-order valence-corrected chi connectivity index (χ0v) is 18.8. The second-order valence-corrected chi connectivity index (χ2v) is 7.97. The highest BCUT2D eigenvalue weighted by atomic mass is 19.1. The van der Waals surface area contributed by atoms with Crippen LogP contribution < -0.4 is 21.3 Å². The molecule has 3 aromatic rings. The molecule has 2 amide bonds. The van der Waals surface area contributed by atoms with Crippen molar-refractivity contribution < 1.29 is 14.0 Å². The Balaban J connectivity index is 1.44. The van der Waals surface area contributed by atoms with E-state index >= 15 is 0 Å². The molecule has 2 heterocycles. The lowest BCUT2D eigenvalue weighted by atomic mass is 10.2. The molecule has 0 radical (unpaired) electrons. The molecule has 176 valence electrons. The van der Waals surface area contributed by atoms with E-state index in [4.69, 9.17) is 5.73 Å². The fraction of sp³-hybridized carbons (Fsp3) is 0.250. The Morgan fingerprint density at radius 3 is 2.38 bits per heavy atom. The number of benzene rings is 2. The van der Waals surface area contributed by atoms with Crippen LogP contribution in [-0.2, 0) is 11.3 Å². The molecule has 1 saturated heterocycles. The molecule has 1 aliphatic heterocycles. The lowest BCUT2D eigenvalue weighted by Crippen LogP contribution is -2.48. The highest BCUT2D eigenvalue weighted by Gasteiger charge is 2.19. The van der Waals surface area contributed by atoms with Gasteiger partial charge in [-0.1, -0.05) is 18.2 Å². The number of hydrogen-bond donors (Lipinski definition) is 3. The van der Waals surface area contributed by atoms with Gasteiger partial charge in [0.2, 0.25) is 5.91 Å². The highest BCUT2D eigenvalue weighted by molar-refractivity contribution is 5.96. The van der Waals surface area contributed by atoms with Gasteiger partial charge in [-0.2, -0.15) is 0 Å². The fourth-order valence-corrected chi connectivity index (χ4v) is 3.78. The number of nitrogens with one attached hydrogen (secondary N) is 2. The number of nitrogens with zero attached hydrogens (tertiary/aromatic N) is 4. The second kappa shape index (κ2) is 10.2. The third-order valence-corrected chi connectivity index (χ3v) is 5.68. The number of amides is 2. The summed E-state index contributed by atoms with van der Waals surface area (Å²) in [6.07, 6.45) is 0. The molecule has 1 aromatic heterocycles. The number of rotatable bonds is 7. The summed E-state index contributed by atoms with van der Waals surface area (Å²) in [6.45, 7) is 4.73. The first-order chi connectivity index (χ1) is 16.4. The predicted octanol–water partition coefficient (Wildman–Crippen LogP) is 2.74. The van der Waals surface area contributed by atoms with Crippen molar-refractivity contribution in [1.29, 1.82) is 0 Å². The SMILES string of the molecule is CC(=O)N1CCN(c2ccc(Nc3cc(NCc4ccccc4F)c(C(N)=O)nn3)cc2)CC1. The minimum atomic E-state index is -0.732. The summed E-state index contributed by atoms with van der Waals surface area (Å²) in [5, 5.41) is 14.2. The molecule has 0 atom stereocenters. The molecule has 34 heavy (non-hydrogen) atoms. The summed E-state index contributed by atoms with van der Waals surface area (Å²) in [5.41, 5.74) is 8.05. The van der Waals surface area contributed by atoms with Gasteiger partial charge in [-0.25, -0.2) is 4.39 Å². The zero-order valence-electron chi connectivity index (χ0n) is 18.8. The maximum absolute atomic E-state index is 13.9. The molecule has 0 spiro atoms. The Kier molecular flexibility index (Phi) is 6.86. The van der Waals surface area contributed by atoms with E-state index < -0.39 is 5.91 Å². The van der Waals surface area contributed by atoms with Crippen molar-refractivity contribution in [1.82, 2.24) is 15.1 Å². The lowest BCUT2D eigenvalue weighted by Gasteiger charge is -2.35. The van der Waals surface area contributed by atoms with E-state index in [9.17, 15) is 14.0 Å². The first kappa shape index (κ1) is 23.0. The van der Waals surface area contributed by atoms with Gasteiger partial charge in [0, 0.05) is 62.7 Å². The van der Waals surface area contributed by atoms with Gasteiger partial charge in [0.1, 0.15) is 5.82 Å². The Morgan fingerprint density at radius 1 is 1.03 bits per heavy atom. The minimum absolute atomic E-state index is 0.0260. The van der Waals surface area contributed by atoms with Crippen molar-refractivity contribution in [3.05, 3.63) is 71.7 Å². The lowest BCUT2D eigenvalue weighted by molar-refractivity contribution is -0.129. The van der Waals surface area contributed by atoms with E-state index in [0.717, 1.165) is 24.5 Å². The minimum Gasteiger partial charge on any atom is -0.379 e. The summed E-state index contributed by atoms with van der Waals surface area (Å²) in [7, 11) is 0. The van der Waals surface area contributed by atoms with Crippen LogP contribution in [0.3, 0.4) is 0 Å². The number of carbonyl (C=O) groups is 2. The molecule has 0 unspecified atom stereocenters. The topological polar surface area (TPSA) is 116 Å². The van der Waals surface area contributed by atoms with Crippen molar-refractivity contribution in [2.24, 2.45) is 5.73 Å². The Hall–Kier alpha value is -4.21. The van der Waals surface area contributed by atoms with Crippen LogP contribution in [0.4, 0.5) is 27.3 Å². The average molecular weight is 464 g/mol. The van der Waals surface area contributed by atoms with Crippen LogP contribution in [0.15, 0.2) is 54.6 Å². The standard InChI is InChI=1S/C24H26FN7O2/c1-16(33)31-10-12-32(13-11-31)19-8-6-18(7-9-19)28-22-14-21(23(24(26)34)30-29-22)27-15-17-4-2-3-5-20(17)25/h2-9,14H,10-13,15H2,1H3,(H2,26,34)(H2,27,28,29). The summed E-state index contributed by atoms with van der Waals surface area (Å²) >= 11 is 0. The van der Waals surface area contributed by atoms with Crippen LogP contribution in [0.25, 0.3) is 0 Å². The summed E-state index contributed by atoms with van der Waals surface area (Å²) < 4.78 is 13.9. The van der Waals surface area contributed by atoms with Crippen molar-refractivity contribution >= 4 is 34.7 Å².